The van der Waals surface area contributed by atoms with E-state index in [9.17, 15) is 9.59 Å². The van der Waals surface area contributed by atoms with Crippen molar-refractivity contribution in [2.24, 2.45) is 10.9 Å². The van der Waals surface area contributed by atoms with Crippen molar-refractivity contribution in [1.29, 1.82) is 0 Å². The molecule has 3 amide bonds. The molecule has 1 aliphatic heterocycles. The van der Waals surface area contributed by atoms with Crippen molar-refractivity contribution >= 4 is 17.9 Å². The van der Waals surface area contributed by atoms with E-state index in [4.69, 9.17) is 4.74 Å². The SMILES string of the molecule is CCNC(=NCCN1C(=O)CNC1=O)NC(C)c1ccc(OCC(C)C)cc1. The van der Waals surface area contributed by atoms with Crippen LogP contribution in [0.4, 0.5) is 4.79 Å². The maximum Gasteiger partial charge on any atom is 0.324 e. The lowest BCUT2D eigenvalue weighted by atomic mass is 10.1. The third-order valence-corrected chi connectivity index (χ3v) is 4.19. The molecule has 1 saturated heterocycles. The summed E-state index contributed by atoms with van der Waals surface area (Å²) in [5.41, 5.74) is 1.11. The molecule has 1 unspecified atom stereocenters. The van der Waals surface area contributed by atoms with Crippen molar-refractivity contribution < 1.29 is 14.3 Å². The van der Waals surface area contributed by atoms with E-state index >= 15 is 0 Å². The van der Waals surface area contributed by atoms with Crippen LogP contribution in [0.2, 0.25) is 0 Å². The highest BCUT2D eigenvalue weighted by Gasteiger charge is 2.27. The van der Waals surface area contributed by atoms with Crippen LogP contribution in [0.3, 0.4) is 0 Å². The van der Waals surface area contributed by atoms with Crippen LogP contribution >= 0.6 is 0 Å². The lowest BCUT2D eigenvalue weighted by Crippen LogP contribution is -2.40. The maximum atomic E-state index is 11.6. The second-order valence-corrected chi connectivity index (χ2v) is 7.10. The summed E-state index contributed by atoms with van der Waals surface area (Å²) in [4.78, 5) is 28.8. The van der Waals surface area contributed by atoms with Gasteiger partial charge < -0.3 is 20.7 Å². The number of carbonyl (C=O) groups is 2. The van der Waals surface area contributed by atoms with Gasteiger partial charge in [-0.1, -0.05) is 26.0 Å². The Kier molecular flexibility index (Phi) is 8.10. The van der Waals surface area contributed by atoms with Crippen molar-refractivity contribution in [3.05, 3.63) is 29.8 Å². The highest BCUT2D eigenvalue weighted by atomic mass is 16.5. The fourth-order valence-electron chi connectivity index (χ4n) is 2.67. The number of rotatable bonds is 9. The lowest BCUT2D eigenvalue weighted by molar-refractivity contribution is -0.124. The van der Waals surface area contributed by atoms with Gasteiger partial charge in [0, 0.05) is 6.54 Å². The van der Waals surface area contributed by atoms with Crippen molar-refractivity contribution in [2.45, 2.75) is 33.7 Å². The molecule has 1 heterocycles. The standard InChI is InChI=1S/C20H31N5O3/c1-5-21-19(22-10-11-25-18(26)12-23-20(25)27)24-15(4)16-6-8-17(9-7-16)28-13-14(2)3/h6-9,14-15H,5,10-13H2,1-4H3,(H,23,27)(H2,21,22,24). The molecule has 0 aliphatic carbocycles. The summed E-state index contributed by atoms with van der Waals surface area (Å²) >= 11 is 0. The van der Waals surface area contributed by atoms with E-state index < -0.39 is 0 Å². The number of nitrogens with zero attached hydrogens (tertiary/aromatic N) is 2. The number of hydrogen-bond acceptors (Lipinski definition) is 4. The van der Waals surface area contributed by atoms with Gasteiger partial charge >= 0.3 is 6.03 Å². The van der Waals surface area contributed by atoms with Gasteiger partial charge in [-0.25, -0.2) is 4.79 Å². The smallest absolute Gasteiger partial charge is 0.324 e. The molecule has 0 aromatic heterocycles. The van der Waals surface area contributed by atoms with Gasteiger partial charge in [0.25, 0.3) is 0 Å². The fraction of sp³-hybridized carbons (Fsp3) is 0.550. The molecule has 1 fully saturated rings. The summed E-state index contributed by atoms with van der Waals surface area (Å²) in [5, 5.41) is 9.03. The molecule has 1 aromatic carbocycles. The first kappa shape index (κ1) is 21.5. The largest absolute Gasteiger partial charge is 0.493 e. The van der Waals surface area contributed by atoms with Crippen LogP contribution < -0.4 is 20.7 Å². The van der Waals surface area contributed by atoms with Crippen LogP contribution in [0.15, 0.2) is 29.3 Å². The van der Waals surface area contributed by atoms with Crippen molar-refractivity contribution in [3.8, 4) is 5.75 Å². The van der Waals surface area contributed by atoms with Crippen LogP contribution in [0.5, 0.6) is 5.75 Å². The predicted octanol–water partition coefficient (Wildman–Crippen LogP) is 1.89. The number of ether oxygens (including phenoxy) is 1. The number of carbonyl (C=O) groups excluding carboxylic acids is 2. The highest BCUT2D eigenvalue weighted by Crippen LogP contribution is 2.18. The molecule has 0 radical (unpaired) electrons. The summed E-state index contributed by atoms with van der Waals surface area (Å²) < 4.78 is 5.72. The summed E-state index contributed by atoms with van der Waals surface area (Å²) in [5.74, 6) is 1.77. The Hall–Kier alpha value is -2.77. The van der Waals surface area contributed by atoms with E-state index in [0.29, 0.717) is 31.6 Å². The minimum absolute atomic E-state index is 0.0358. The molecule has 8 heteroatoms. The lowest BCUT2D eigenvalue weighted by Gasteiger charge is -2.19. The molecular weight excluding hydrogens is 358 g/mol. The van der Waals surface area contributed by atoms with Crippen LogP contribution in [-0.2, 0) is 4.79 Å². The number of benzene rings is 1. The Morgan fingerprint density at radius 3 is 2.54 bits per heavy atom. The number of aliphatic imine (C=N–C) groups is 1. The number of amides is 3. The average molecular weight is 390 g/mol. The molecule has 0 saturated carbocycles. The number of guanidine groups is 1. The zero-order valence-electron chi connectivity index (χ0n) is 17.1. The molecule has 1 aliphatic rings. The van der Waals surface area contributed by atoms with Gasteiger partial charge in [-0.05, 0) is 37.5 Å². The van der Waals surface area contributed by atoms with Gasteiger partial charge in [-0.3, -0.25) is 14.7 Å². The zero-order chi connectivity index (χ0) is 20.5. The van der Waals surface area contributed by atoms with Gasteiger partial charge in [-0.15, -0.1) is 0 Å². The first-order chi connectivity index (χ1) is 13.4. The van der Waals surface area contributed by atoms with Crippen molar-refractivity contribution in [2.75, 3.05) is 32.8 Å². The Labute approximate surface area is 166 Å². The van der Waals surface area contributed by atoms with Gasteiger partial charge in [0.2, 0.25) is 5.91 Å². The molecule has 154 valence electrons. The molecule has 8 nitrogen and oxygen atoms in total. The highest BCUT2D eigenvalue weighted by molar-refractivity contribution is 6.01. The Balaban J connectivity index is 1.91. The monoisotopic (exact) mass is 389 g/mol. The van der Waals surface area contributed by atoms with E-state index in [1.807, 2.05) is 38.1 Å². The molecule has 28 heavy (non-hydrogen) atoms. The molecular formula is C20H31N5O3. The van der Waals surface area contributed by atoms with Crippen LogP contribution in [0, 0.1) is 5.92 Å². The second kappa shape index (κ2) is 10.5. The molecule has 3 N–H and O–H groups in total. The number of nitrogens with one attached hydrogen (secondary N) is 3. The molecule has 0 bridgehead atoms. The molecule has 1 atom stereocenters. The fourth-order valence-corrected chi connectivity index (χ4v) is 2.67. The molecule has 0 spiro atoms. The number of urea groups is 1. The average Bonchev–Trinajstić information content (AvgIpc) is 2.98. The summed E-state index contributed by atoms with van der Waals surface area (Å²) in [6.07, 6.45) is 0. The van der Waals surface area contributed by atoms with Gasteiger partial charge in [0.05, 0.1) is 32.3 Å². The van der Waals surface area contributed by atoms with Gasteiger partial charge in [0.1, 0.15) is 5.75 Å². The summed E-state index contributed by atoms with van der Waals surface area (Å²) in [7, 11) is 0. The summed E-state index contributed by atoms with van der Waals surface area (Å²) in [6.45, 7) is 10.3. The molecule has 1 aromatic rings. The minimum atomic E-state index is -0.355. The normalized spacial score (nSPS) is 15.6. The number of imide groups is 1. The first-order valence-corrected chi connectivity index (χ1v) is 9.76. The topological polar surface area (TPSA) is 95.1 Å². The van der Waals surface area contributed by atoms with E-state index in [-0.39, 0.29) is 31.1 Å². The van der Waals surface area contributed by atoms with Crippen molar-refractivity contribution in [1.82, 2.24) is 20.9 Å². The Bertz CT molecular complexity index is 672. The second-order valence-electron chi connectivity index (χ2n) is 7.10. The Morgan fingerprint density at radius 1 is 1.25 bits per heavy atom. The van der Waals surface area contributed by atoms with Crippen LogP contribution in [0.1, 0.15) is 39.3 Å². The molecule has 2 rings (SSSR count). The minimum Gasteiger partial charge on any atom is -0.493 e. The van der Waals surface area contributed by atoms with Gasteiger partial charge in [0.15, 0.2) is 5.96 Å². The van der Waals surface area contributed by atoms with Crippen LogP contribution in [-0.4, -0.2) is 55.6 Å². The Morgan fingerprint density at radius 2 is 1.96 bits per heavy atom. The first-order valence-electron chi connectivity index (χ1n) is 9.76. The van der Waals surface area contributed by atoms with Gasteiger partial charge in [-0.2, -0.15) is 0 Å². The van der Waals surface area contributed by atoms with E-state index in [0.717, 1.165) is 11.3 Å². The van der Waals surface area contributed by atoms with Crippen LogP contribution in [0.25, 0.3) is 0 Å². The quantitative estimate of drug-likeness (QED) is 0.341. The maximum absolute atomic E-state index is 11.6. The van der Waals surface area contributed by atoms with Crippen molar-refractivity contribution in [3.63, 3.8) is 0 Å². The summed E-state index contributed by atoms with van der Waals surface area (Å²) in [6, 6.07) is 7.68. The zero-order valence-corrected chi connectivity index (χ0v) is 17.1. The third kappa shape index (κ3) is 6.44. The predicted molar refractivity (Wildman–Crippen MR) is 109 cm³/mol. The van der Waals surface area contributed by atoms with E-state index in [1.54, 1.807) is 0 Å². The van der Waals surface area contributed by atoms with E-state index in [2.05, 4.69) is 34.8 Å². The third-order valence-electron chi connectivity index (χ3n) is 4.19. The number of hydrogen-bond donors (Lipinski definition) is 3. The van der Waals surface area contributed by atoms with E-state index in [1.165, 1.54) is 4.90 Å².